The summed E-state index contributed by atoms with van der Waals surface area (Å²) >= 11 is 18.2. The van der Waals surface area contributed by atoms with E-state index in [1.54, 1.807) is 25.1 Å². The fraction of sp³-hybridized carbons (Fsp3) is 0.111. The smallest absolute Gasteiger partial charge is 0.274 e. The molecular formula is C18H13Cl3N4O2. The third-order valence-electron chi connectivity index (χ3n) is 3.77. The maximum absolute atomic E-state index is 12.9. The lowest BCUT2D eigenvalue weighted by atomic mass is 10.0. The number of Topliss-reactive ketones (excluding diaryl/α,β-unsaturated/α-hetero) is 1. The quantitative estimate of drug-likeness (QED) is 0.600. The number of halogens is 3. The summed E-state index contributed by atoms with van der Waals surface area (Å²) in [6.07, 6.45) is 1.52. The molecule has 9 heteroatoms. The van der Waals surface area contributed by atoms with Crippen molar-refractivity contribution in [3.05, 3.63) is 68.5 Å². The van der Waals surface area contributed by atoms with Crippen molar-refractivity contribution in [2.45, 2.75) is 13.8 Å². The van der Waals surface area contributed by atoms with E-state index in [1.165, 1.54) is 29.9 Å². The van der Waals surface area contributed by atoms with Crippen LogP contribution in [0.2, 0.25) is 15.2 Å². The van der Waals surface area contributed by atoms with Gasteiger partial charge in [0.05, 0.1) is 10.7 Å². The van der Waals surface area contributed by atoms with Crippen molar-refractivity contribution >= 4 is 52.2 Å². The first kappa shape index (κ1) is 19.4. The zero-order valence-corrected chi connectivity index (χ0v) is 16.5. The van der Waals surface area contributed by atoms with E-state index in [-0.39, 0.29) is 22.4 Å². The van der Waals surface area contributed by atoms with E-state index >= 15 is 0 Å². The van der Waals surface area contributed by atoms with Crippen LogP contribution in [0.1, 0.15) is 33.3 Å². The number of carbonyl (C=O) groups is 2. The van der Waals surface area contributed by atoms with Gasteiger partial charge >= 0.3 is 0 Å². The van der Waals surface area contributed by atoms with Gasteiger partial charge in [0.2, 0.25) is 0 Å². The van der Waals surface area contributed by atoms with Crippen molar-refractivity contribution in [2.75, 3.05) is 5.32 Å². The lowest BCUT2D eigenvalue weighted by molar-refractivity contribution is 0.101. The Morgan fingerprint density at radius 1 is 1.15 bits per heavy atom. The molecule has 0 fully saturated rings. The molecule has 3 aromatic rings. The summed E-state index contributed by atoms with van der Waals surface area (Å²) in [4.78, 5) is 29.0. The van der Waals surface area contributed by atoms with Gasteiger partial charge in [-0.3, -0.25) is 9.59 Å². The molecule has 0 bridgehead atoms. The van der Waals surface area contributed by atoms with E-state index in [0.717, 1.165) is 0 Å². The fourth-order valence-electron chi connectivity index (χ4n) is 2.57. The Morgan fingerprint density at radius 3 is 2.56 bits per heavy atom. The van der Waals surface area contributed by atoms with Crippen LogP contribution < -0.4 is 5.32 Å². The predicted molar refractivity (Wildman–Crippen MR) is 106 cm³/mol. The number of hydrogen-bond acceptors (Lipinski definition) is 4. The Balaban J connectivity index is 2.05. The number of hydrogen-bond donors (Lipinski definition) is 1. The van der Waals surface area contributed by atoms with E-state index in [2.05, 4.69) is 15.4 Å². The lowest BCUT2D eigenvalue weighted by Gasteiger charge is -2.14. The Labute approximate surface area is 170 Å². The van der Waals surface area contributed by atoms with Gasteiger partial charge in [-0.05, 0) is 43.7 Å². The minimum absolute atomic E-state index is 0.0986. The van der Waals surface area contributed by atoms with Crippen LogP contribution in [-0.4, -0.2) is 26.5 Å². The van der Waals surface area contributed by atoms with Crippen molar-refractivity contribution in [1.29, 1.82) is 0 Å². The standard InChI is InChI=1S/C18H13Cl3N4O2/c1-9-6-11(19)7-12(10(2)26)16(9)23-18(27)14-8-15(21)24-25(14)17-13(20)4-3-5-22-17/h3-8H,1-2H3,(H,23,27). The number of aryl methyl sites for hydroxylation is 1. The molecule has 6 nitrogen and oxygen atoms in total. The van der Waals surface area contributed by atoms with Crippen LogP contribution in [0.3, 0.4) is 0 Å². The highest BCUT2D eigenvalue weighted by molar-refractivity contribution is 6.32. The second kappa shape index (κ2) is 7.68. The molecule has 3 rings (SSSR count). The molecule has 1 aromatic carbocycles. The van der Waals surface area contributed by atoms with Crippen molar-refractivity contribution < 1.29 is 9.59 Å². The first-order chi connectivity index (χ1) is 12.8. The molecule has 138 valence electrons. The normalized spacial score (nSPS) is 10.7. The Kier molecular flexibility index (Phi) is 5.51. The number of ketones is 1. The van der Waals surface area contributed by atoms with E-state index < -0.39 is 5.91 Å². The van der Waals surface area contributed by atoms with E-state index in [0.29, 0.717) is 26.9 Å². The van der Waals surface area contributed by atoms with Crippen LogP contribution in [0, 0.1) is 6.92 Å². The topological polar surface area (TPSA) is 76.9 Å². The monoisotopic (exact) mass is 422 g/mol. The number of pyridine rings is 1. The molecule has 0 aliphatic rings. The van der Waals surface area contributed by atoms with E-state index in [4.69, 9.17) is 34.8 Å². The van der Waals surface area contributed by atoms with Gasteiger partial charge in [0.15, 0.2) is 16.8 Å². The summed E-state index contributed by atoms with van der Waals surface area (Å²) in [5.74, 6) is -0.491. The van der Waals surface area contributed by atoms with Gasteiger partial charge in [-0.15, -0.1) is 0 Å². The number of aromatic nitrogens is 3. The van der Waals surface area contributed by atoms with Gasteiger partial charge in [0, 0.05) is 22.8 Å². The van der Waals surface area contributed by atoms with Gasteiger partial charge in [0.1, 0.15) is 5.69 Å². The van der Waals surface area contributed by atoms with Crippen molar-refractivity contribution in [1.82, 2.24) is 14.8 Å². The van der Waals surface area contributed by atoms with Crippen LogP contribution in [0.4, 0.5) is 5.69 Å². The zero-order chi connectivity index (χ0) is 19.7. The van der Waals surface area contributed by atoms with E-state index in [1.807, 2.05) is 0 Å². The lowest BCUT2D eigenvalue weighted by Crippen LogP contribution is -2.19. The van der Waals surface area contributed by atoms with E-state index in [9.17, 15) is 9.59 Å². The second-order valence-electron chi connectivity index (χ2n) is 5.73. The molecule has 1 amide bonds. The number of benzene rings is 1. The van der Waals surface area contributed by atoms with Gasteiger partial charge in [0.25, 0.3) is 5.91 Å². The summed E-state index contributed by atoms with van der Waals surface area (Å²) in [6.45, 7) is 3.14. The summed E-state index contributed by atoms with van der Waals surface area (Å²) in [6, 6.07) is 7.84. The highest BCUT2D eigenvalue weighted by Crippen LogP contribution is 2.27. The van der Waals surface area contributed by atoms with Gasteiger partial charge in [-0.1, -0.05) is 34.8 Å². The summed E-state index contributed by atoms with van der Waals surface area (Å²) in [5.41, 5.74) is 1.44. The van der Waals surface area contributed by atoms with Crippen LogP contribution in [0.25, 0.3) is 5.82 Å². The van der Waals surface area contributed by atoms with Crippen molar-refractivity contribution in [3.8, 4) is 5.82 Å². The average molecular weight is 424 g/mol. The molecule has 0 unspecified atom stereocenters. The number of amides is 1. The average Bonchev–Trinajstić information content (AvgIpc) is 2.99. The van der Waals surface area contributed by atoms with Gasteiger partial charge in [-0.25, -0.2) is 9.67 Å². The second-order valence-corrected chi connectivity index (χ2v) is 6.96. The molecule has 0 spiro atoms. The molecular weight excluding hydrogens is 411 g/mol. The minimum atomic E-state index is -0.524. The molecule has 2 heterocycles. The third kappa shape index (κ3) is 3.98. The summed E-state index contributed by atoms with van der Waals surface area (Å²) in [5, 5.41) is 7.63. The highest BCUT2D eigenvalue weighted by Gasteiger charge is 2.21. The SMILES string of the molecule is CC(=O)c1cc(Cl)cc(C)c1NC(=O)c1cc(Cl)nn1-c1ncccc1Cl. The molecule has 0 aliphatic carbocycles. The molecule has 2 aromatic heterocycles. The fourth-order valence-corrected chi connectivity index (χ4v) is 3.23. The summed E-state index contributed by atoms with van der Waals surface area (Å²) in [7, 11) is 0. The first-order valence-corrected chi connectivity index (χ1v) is 8.90. The largest absolute Gasteiger partial charge is 0.320 e. The maximum Gasteiger partial charge on any atom is 0.274 e. The number of carbonyl (C=O) groups excluding carboxylic acids is 2. The molecule has 0 radical (unpaired) electrons. The predicted octanol–water partition coefficient (Wildman–Crippen LogP) is 4.99. The minimum Gasteiger partial charge on any atom is -0.320 e. The van der Waals surface area contributed by atoms with Gasteiger partial charge < -0.3 is 5.32 Å². The number of nitrogens with zero attached hydrogens (tertiary/aromatic N) is 3. The Bertz CT molecular complexity index is 1060. The molecule has 27 heavy (non-hydrogen) atoms. The number of nitrogens with one attached hydrogen (secondary N) is 1. The summed E-state index contributed by atoms with van der Waals surface area (Å²) < 4.78 is 1.25. The zero-order valence-electron chi connectivity index (χ0n) is 14.3. The van der Waals surface area contributed by atoms with Crippen molar-refractivity contribution in [3.63, 3.8) is 0 Å². The van der Waals surface area contributed by atoms with Crippen LogP contribution >= 0.6 is 34.8 Å². The Hall–Kier alpha value is -2.41. The van der Waals surface area contributed by atoms with Crippen LogP contribution in [0.15, 0.2) is 36.5 Å². The molecule has 0 saturated heterocycles. The third-order valence-corrected chi connectivity index (χ3v) is 4.47. The van der Waals surface area contributed by atoms with Crippen LogP contribution in [0.5, 0.6) is 0 Å². The number of rotatable bonds is 4. The molecule has 1 N–H and O–H groups in total. The maximum atomic E-state index is 12.9. The molecule has 0 atom stereocenters. The first-order valence-electron chi connectivity index (χ1n) is 7.77. The molecule has 0 aliphatic heterocycles. The van der Waals surface area contributed by atoms with Gasteiger partial charge in [-0.2, -0.15) is 5.10 Å². The number of anilines is 1. The van der Waals surface area contributed by atoms with Crippen LogP contribution in [-0.2, 0) is 0 Å². The highest BCUT2D eigenvalue weighted by atomic mass is 35.5. The van der Waals surface area contributed by atoms with Crippen molar-refractivity contribution in [2.24, 2.45) is 0 Å². The Morgan fingerprint density at radius 2 is 1.89 bits per heavy atom. The molecule has 0 saturated carbocycles.